The molecule has 1 aromatic rings. The summed E-state index contributed by atoms with van der Waals surface area (Å²) < 4.78 is 3.54. The second-order valence-electron chi connectivity index (χ2n) is 2.60. The van der Waals surface area contributed by atoms with E-state index in [2.05, 4.69) is 14.9 Å². The molecule has 1 heterocycles. The summed E-state index contributed by atoms with van der Waals surface area (Å²) in [4.78, 5) is 22.1. The van der Waals surface area contributed by atoms with Gasteiger partial charge in [0.15, 0.2) is 11.5 Å². The molecule has 0 radical (unpaired) electrons. The maximum atomic E-state index is 11.3. The number of carbonyl (C=O) groups excluding carboxylic acids is 2. The van der Waals surface area contributed by atoms with Crippen molar-refractivity contribution in [1.29, 1.82) is 0 Å². The molecule has 0 aliphatic rings. The van der Waals surface area contributed by atoms with E-state index in [1.807, 2.05) is 0 Å². The first kappa shape index (κ1) is 9.79. The van der Waals surface area contributed by atoms with E-state index >= 15 is 0 Å². The average molecular weight is 199 g/mol. The maximum Gasteiger partial charge on any atom is 0.273 e. The number of carbonyl (C=O) groups is 2. The Balaban J connectivity index is 2.56. The lowest BCUT2D eigenvalue weighted by Gasteiger charge is -2.07. The van der Waals surface area contributed by atoms with Gasteiger partial charge in [0.05, 0.1) is 6.04 Å². The van der Waals surface area contributed by atoms with Crippen LogP contribution in [0.25, 0.3) is 0 Å². The van der Waals surface area contributed by atoms with Crippen molar-refractivity contribution >= 4 is 23.2 Å². The SMILES string of the molecule is CC(=O)C(C)NC(=O)c1csnn1. The average Bonchev–Trinajstić information content (AvgIpc) is 2.55. The summed E-state index contributed by atoms with van der Waals surface area (Å²) in [5, 5.41) is 7.60. The van der Waals surface area contributed by atoms with E-state index in [9.17, 15) is 9.59 Å². The molecule has 1 amide bonds. The van der Waals surface area contributed by atoms with Gasteiger partial charge in [-0.25, -0.2) is 0 Å². The lowest BCUT2D eigenvalue weighted by Crippen LogP contribution is -2.37. The normalized spacial score (nSPS) is 12.2. The second-order valence-corrected chi connectivity index (χ2v) is 3.21. The van der Waals surface area contributed by atoms with Crippen LogP contribution in [0.5, 0.6) is 0 Å². The molecular weight excluding hydrogens is 190 g/mol. The Hall–Kier alpha value is -1.30. The molecule has 1 unspecified atom stereocenters. The van der Waals surface area contributed by atoms with Crippen molar-refractivity contribution in [3.63, 3.8) is 0 Å². The van der Waals surface area contributed by atoms with Crippen molar-refractivity contribution in [3.05, 3.63) is 11.1 Å². The number of nitrogens with one attached hydrogen (secondary N) is 1. The predicted molar refractivity (Wildman–Crippen MR) is 47.5 cm³/mol. The molecule has 1 atom stereocenters. The molecule has 0 saturated carbocycles. The predicted octanol–water partition coefficient (Wildman–Crippen LogP) is 0.245. The van der Waals surface area contributed by atoms with E-state index in [1.54, 1.807) is 6.92 Å². The third-order valence-corrected chi connectivity index (χ3v) is 2.05. The Morgan fingerprint density at radius 2 is 2.31 bits per heavy atom. The Kier molecular flexibility index (Phi) is 3.07. The van der Waals surface area contributed by atoms with Gasteiger partial charge in [0.25, 0.3) is 5.91 Å². The van der Waals surface area contributed by atoms with Crippen LogP contribution >= 0.6 is 11.5 Å². The summed E-state index contributed by atoms with van der Waals surface area (Å²) in [5.41, 5.74) is 0.248. The molecule has 70 valence electrons. The third kappa shape index (κ3) is 2.59. The highest BCUT2D eigenvalue weighted by atomic mass is 32.1. The van der Waals surface area contributed by atoms with E-state index < -0.39 is 6.04 Å². The van der Waals surface area contributed by atoms with Crippen LogP contribution in [0.2, 0.25) is 0 Å². The van der Waals surface area contributed by atoms with Gasteiger partial charge in [0.1, 0.15) is 0 Å². The summed E-state index contributed by atoms with van der Waals surface area (Å²) in [5.74, 6) is -0.451. The van der Waals surface area contributed by atoms with Crippen LogP contribution < -0.4 is 5.32 Å². The fraction of sp³-hybridized carbons (Fsp3) is 0.429. The van der Waals surface area contributed by atoms with Crippen LogP contribution in [0.3, 0.4) is 0 Å². The van der Waals surface area contributed by atoms with Gasteiger partial charge < -0.3 is 5.32 Å². The molecular formula is C7H9N3O2S. The van der Waals surface area contributed by atoms with Crippen molar-refractivity contribution in [1.82, 2.24) is 14.9 Å². The minimum absolute atomic E-state index is 0.0865. The van der Waals surface area contributed by atoms with Crippen LogP contribution in [-0.2, 0) is 4.79 Å². The van der Waals surface area contributed by atoms with Gasteiger partial charge in [-0.3, -0.25) is 9.59 Å². The fourth-order valence-corrected chi connectivity index (χ4v) is 1.07. The minimum Gasteiger partial charge on any atom is -0.341 e. The van der Waals surface area contributed by atoms with Gasteiger partial charge in [-0.05, 0) is 25.4 Å². The zero-order valence-electron chi connectivity index (χ0n) is 7.27. The van der Waals surface area contributed by atoms with Crippen LogP contribution in [-0.4, -0.2) is 27.3 Å². The number of amides is 1. The Bertz CT molecular complexity index is 310. The second kappa shape index (κ2) is 4.08. The Morgan fingerprint density at radius 1 is 1.62 bits per heavy atom. The lowest BCUT2D eigenvalue weighted by molar-refractivity contribution is -0.118. The Morgan fingerprint density at radius 3 is 2.77 bits per heavy atom. The van der Waals surface area contributed by atoms with Crippen molar-refractivity contribution in [3.8, 4) is 0 Å². The molecule has 0 aliphatic heterocycles. The van der Waals surface area contributed by atoms with E-state index in [-0.39, 0.29) is 17.4 Å². The van der Waals surface area contributed by atoms with Gasteiger partial charge in [-0.1, -0.05) is 4.49 Å². The van der Waals surface area contributed by atoms with Crippen molar-refractivity contribution in [2.45, 2.75) is 19.9 Å². The third-order valence-electron chi connectivity index (χ3n) is 1.55. The van der Waals surface area contributed by atoms with Crippen LogP contribution in [0.1, 0.15) is 24.3 Å². The summed E-state index contributed by atoms with van der Waals surface area (Å²) in [7, 11) is 0. The molecule has 0 spiro atoms. The fourth-order valence-electron chi connectivity index (χ4n) is 0.636. The first-order chi connectivity index (χ1) is 6.11. The smallest absolute Gasteiger partial charge is 0.273 e. The van der Waals surface area contributed by atoms with E-state index in [1.165, 1.54) is 12.3 Å². The molecule has 0 saturated heterocycles. The van der Waals surface area contributed by atoms with Crippen LogP contribution in [0, 0.1) is 0 Å². The zero-order chi connectivity index (χ0) is 9.84. The van der Waals surface area contributed by atoms with Crippen molar-refractivity contribution in [2.24, 2.45) is 0 Å². The van der Waals surface area contributed by atoms with Crippen molar-refractivity contribution < 1.29 is 9.59 Å². The number of hydrogen-bond donors (Lipinski definition) is 1. The van der Waals surface area contributed by atoms with Gasteiger partial charge in [0, 0.05) is 5.38 Å². The van der Waals surface area contributed by atoms with Crippen LogP contribution in [0.4, 0.5) is 0 Å². The summed E-state index contributed by atoms with van der Waals surface area (Å²) in [6, 6.07) is -0.478. The molecule has 0 bridgehead atoms. The number of nitrogens with zero attached hydrogens (tertiary/aromatic N) is 2. The van der Waals surface area contributed by atoms with Crippen LogP contribution in [0.15, 0.2) is 5.38 Å². The number of Topliss-reactive ketones (excluding diaryl/α,β-unsaturated/α-hetero) is 1. The first-order valence-electron chi connectivity index (χ1n) is 3.69. The Labute approximate surface area is 79.3 Å². The number of aromatic nitrogens is 2. The molecule has 6 heteroatoms. The number of rotatable bonds is 3. The highest BCUT2D eigenvalue weighted by Crippen LogP contribution is 1.97. The first-order valence-corrected chi connectivity index (χ1v) is 4.53. The van der Waals surface area contributed by atoms with Crippen molar-refractivity contribution in [2.75, 3.05) is 0 Å². The highest BCUT2D eigenvalue weighted by Gasteiger charge is 2.14. The van der Waals surface area contributed by atoms with E-state index in [4.69, 9.17) is 0 Å². The summed E-state index contributed by atoms with van der Waals surface area (Å²) >= 11 is 1.10. The number of hydrogen-bond acceptors (Lipinski definition) is 5. The largest absolute Gasteiger partial charge is 0.341 e. The minimum atomic E-state index is -0.478. The highest BCUT2D eigenvalue weighted by molar-refractivity contribution is 7.03. The molecule has 0 aromatic carbocycles. The standard InChI is InChI=1S/C7H9N3O2S/c1-4(5(2)11)8-7(12)6-3-13-10-9-6/h3-4H,1-2H3,(H,8,12). The van der Waals surface area contributed by atoms with Gasteiger partial charge in [0.2, 0.25) is 0 Å². The molecule has 5 nitrogen and oxygen atoms in total. The zero-order valence-corrected chi connectivity index (χ0v) is 8.09. The monoisotopic (exact) mass is 199 g/mol. The maximum absolute atomic E-state index is 11.3. The molecule has 1 aromatic heterocycles. The van der Waals surface area contributed by atoms with Gasteiger partial charge >= 0.3 is 0 Å². The van der Waals surface area contributed by atoms with E-state index in [0.29, 0.717) is 0 Å². The lowest BCUT2D eigenvalue weighted by atomic mass is 10.2. The molecule has 1 rings (SSSR count). The number of ketones is 1. The molecule has 0 aliphatic carbocycles. The molecule has 1 N–H and O–H groups in total. The molecule has 13 heavy (non-hydrogen) atoms. The summed E-state index contributed by atoms with van der Waals surface area (Å²) in [6.45, 7) is 3.05. The van der Waals surface area contributed by atoms with Gasteiger partial charge in [-0.15, -0.1) is 5.10 Å². The quantitative estimate of drug-likeness (QED) is 0.757. The topological polar surface area (TPSA) is 72.0 Å². The molecule has 0 fully saturated rings. The summed E-state index contributed by atoms with van der Waals surface area (Å²) in [6.07, 6.45) is 0. The van der Waals surface area contributed by atoms with Gasteiger partial charge in [-0.2, -0.15) is 0 Å². The van der Waals surface area contributed by atoms with E-state index in [0.717, 1.165) is 11.5 Å².